The van der Waals surface area contributed by atoms with E-state index in [9.17, 15) is 5.11 Å². The summed E-state index contributed by atoms with van der Waals surface area (Å²) in [4.78, 5) is 0. The lowest BCUT2D eigenvalue weighted by Crippen LogP contribution is -2.23. The molecule has 0 saturated carbocycles. The van der Waals surface area contributed by atoms with Gasteiger partial charge in [0.05, 0.1) is 12.7 Å². The van der Waals surface area contributed by atoms with Crippen molar-refractivity contribution in [2.45, 2.75) is 19.4 Å². The van der Waals surface area contributed by atoms with E-state index in [0.29, 0.717) is 16.5 Å². The lowest BCUT2D eigenvalue weighted by molar-refractivity contribution is 0.0535. The molecule has 15 heavy (non-hydrogen) atoms. The van der Waals surface area contributed by atoms with E-state index < -0.39 is 6.10 Å². The van der Waals surface area contributed by atoms with E-state index in [-0.39, 0.29) is 12.5 Å². The number of benzene rings is 1. The summed E-state index contributed by atoms with van der Waals surface area (Å²) >= 11 is 11.8. The van der Waals surface area contributed by atoms with Crippen molar-refractivity contribution in [1.29, 1.82) is 0 Å². The highest BCUT2D eigenvalue weighted by Crippen LogP contribution is 2.24. The predicted molar refractivity (Wildman–Crippen MR) is 62.4 cm³/mol. The smallest absolute Gasteiger partial charge is 0.0799 e. The second-order valence-corrected chi connectivity index (χ2v) is 4.51. The maximum Gasteiger partial charge on any atom is 0.0799 e. The Kier molecular flexibility index (Phi) is 4.87. The molecule has 0 fully saturated rings. The largest absolute Gasteiger partial charge is 0.394 e. The van der Waals surface area contributed by atoms with Crippen molar-refractivity contribution in [2.24, 2.45) is 5.92 Å². The molecule has 2 atom stereocenters. The Bertz CT molecular complexity index is 328. The Labute approximate surface area is 99.5 Å². The fourth-order valence-corrected chi connectivity index (χ4v) is 1.84. The molecule has 0 aromatic heterocycles. The molecular formula is C11H14Cl2O2. The Morgan fingerprint density at radius 1 is 1.33 bits per heavy atom. The van der Waals surface area contributed by atoms with Crippen LogP contribution in [0.1, 0.15) is 12.5 Å². The van der Waals surface area contributed by atoms with E-state index in [4.69, 9.17) is 28.3 Å². The fraction of sp³-hybridized carbons (Fsp3) is 0.455. The van der Waals surface area contributed by atoms with Crippen LogP contribution in [-0.2, 0) is 6.42 Å². The molecule has 0 heterocycles. The van der Waals surface area contributed by atoms with Crippen LogP contribution in [-0.4, -0.2) is 22.9 Å². The molecule has 0 amide bonds. The first-order chi connectivity index (χ1) is 7.04. The summed E-state index contributed by atoms with van der Waals surface area (Å²) in [6, 6.07) is 5.28. The van der Waals surface area contributed by atoms with Crippen LogP contribution in [0, 0.1) is 5.92 Å². The first kappa shape index (κ1) is 12.8. The average molecular weight is 249 g/mol. The molecule has 0 aliphatic heterocycles. The van der Waals surface area contributed by atoms with Crippen LogP contribution in [0.2, 0.25) is 10.0 Å². The van der Waals surface area contributed by atoms with Gasteiger partial charge in [0.15, 0.2) is 0 Å². The second-order valence-electron chi connectivity index (χ2n) is 3.67. The van der Waals surface area contributed by atoms with Gasteiger partial charge in [-0.25, -0.2) is 0 Å². The first-order valence-corrected chi connectivity index (χ1v) is 5.53. The number of rotatable bonds is 4. The van der Waals surface area contributed by atoms with Gasteiger partial charge in [0.25, 0.3) is 0 Å². The van der Waals surface area contributed by atoms with Gasteiger partial charge in [-0.1, -0.05) is 36.2 Å². The minimum atomic E-state index is -0.711. The summed E-state index contributed by atoms with van der Waals surface area (Å²) < 4.78 is 0. The molecule has 2 nitrogen and oxygen atoms in total. The molecule has 84 valence electrons. The van der Waals surface area contributed by atoms with Crippen molar-refractivity contribution in [1.82, 2.24) is 0 Å². The van der Waals surface area contributed by atoms with Gasteiger partial charge in [-0.15, -0.1) is 0 Å². The Hall–Kier alpha value is -0.280. The molecule has 4 heteroatoms. The van der Waals surface area contributed by atoms with Gasteiger partial charge < -0.3 is 10.2 Å². The van der Waals surface area contributed by atoms with Crippen LogP contribution in [0.25, 0.3) is 0 Å². The summed E-state index contributed by atoms with van der Waals surface area (Å²) in [5, 5.41) is 19.4. The predicted octanol–water partition coefficient (Wildman–Crippen LogP) is 2.53. The zero-order valence-electron chi connectivity index (χ0n) is 8.45. The Morgan fingerprint density at radius 3 is 2.53 bits per heavy atom. The molecular weight excluding hydrogens is 235 g/mol. The Balaban J connectivity index is 2.72. The van der Waals surface area contributed by atoms with Gasteiger partial charge >= 0.3 is 0 Å². The molecule has 2 unspecified atom stereocenters. The maximum atomic E-state index is 9.41. The third-order valence-electron chi connectivity index (χ3n) is 2.40. The summed E-state index contributed by atoms with van der Waals surface area (Å²) in [5.41, 5.74) is 0.932. The molecule has 2 N–H and O–H groups in total. The van der Waals surface area contributed by atoms with Crippen LogP contribution in [0.3, 0.4) is 0 Å². The van der Waals surface area contributed by atoms with Gasteiger partial charge in [0, 0.05) is 10.0 Å². The minimum absolute atomic E-state index is 0.0336. The second kappa shape index (κ2) is 5.71. The molecule has 1 aromatic rings. The van der Waals surface area contributed by atoms with E-state index in [1.165, 1.54) is 0 Å². The lowest BCUT2D eigenvalue weighted by Gasteiger charge is -2.17. The normalized spacial score (nSPS) is 15.0. The highest BCUT2D eigenvalue weighted by atomic mass is 35.5. The van der Waals surface area contributed by atoms with Crippen molar-refractivity contribution < 1.29 is 10.2 Å². The van der Waals surface area contributed by atoms with Crippen LogP contribution >= 0.6 is 23.2 Å². The molecule has 0 radical (unpaired) electrons. The number of hydrogen-bond donors (Lipinski definition) is 2. The molecule has 0 aliphatic rings. The van der Waals surface area contributed by atoms with E-state index in [0.717, 1.165) is 5.56 Å². The van der Waals surface area contributed by atoms with Gasteiger partial charge in [-0.3, -0.25) is 0 Å². The van der Waals surface area contributed by atoms with Crippen molar-refractivity contribution in [3.05, 3.63) is 33.8 Å². The van der Waals surface area contributed by atoms with Gasteiger partial charge in [0.2, 0.25) is 0 Å². The van der Waals surface area contributed by atoms with Crippen molar-refractivity contribution in [3.8, 4) is 0 Å². The molecule has 0 spiro atoms. The molecule has 1 rings (SSSR count). The number of aliphatic hydroxyl groups is 2. The van der Waals surface area contributed by atoms with Crippen molar-refractivity contribution >= 4 is 23.2 Å². The van der Waals surface area contributed by atoms with Crippen molar-refractivity contribution in [2.75, 3.05) is 6.61 Å². The SMILES string of the molecule is CC(Cc1ccc(Cl)cc1Cl)C(O)CO. The number of halogens is 2. The zero-order chi connectivity index (χ0) is 11.4. The molecule has 0 bridgehead atoms. The lowest BCUT2D eigenvalue weighted by atomic mass is 9.96. The quantitative estimate of drug-likeness (QED) is 0.860. The van der Waals surface area contributed by atoms with Crippen molar-refractivity contribution in [3.63, 3.8) is 0 Å². The maximum absolute atomic E-state index is 9.41. The Morgan fingerprint density at radius 2 is 2.00 bits per heavy atom. The highest BCUT2D eigenvalue weighted by Gasteiger charge is 2.15. The van der Waals surface area contributed by atoms with Crippen LogP contribution in [0.5, 0.6) is 0 Å². The third-order valence-corrected chi connectivity index (χ3v) is 2.99. The molecule has 1 aromatic carbocycles. The molecule has 0 saturated heterocycles. The van der Waals surface area contributed by atoms with Gasteiger partial charge in [-0.05, 0) is 30.0 Å². The van der Waals surface area contributed by atoms with Gasteiger partial charge in [-0.2, -0.15) is 0 Å². The van der Waals surface area contributed by atoms with Crippen LogP contribution in [0.15, 0.2) is 18.2 Å². The topological polar surface area (TPSA) is 40.5 Å². The fourth-order valence-electron chi connectivity index (χ4n) is 1.35. The van der Waals surface area contributed by atoms with Crippen LogP contribution < -0.4 is 0 Å². The highest BCUT2D eigenvalue weighted by molar-refractivity contribution is 6.35. The molecule has 0 aliphatic carbocycles. The van der Waals surface area contributed by atoms with E-state index in [1.54, 1.807) is 12.1 Å². The number of hydrogen-bond acceptors (Lipinski definition) is 2. The van der Waals surface area contributed by atoms with E-state index in [1.807, 2.05) is 13.0 Å². The zero-order valence-corrected chi connectivity index (χ0v) is 9.96. The van der Waals surface area contributed by atoms with Crippen LogP contribution in [0.4, 0.5) is 0 Å². The van der Waals surface area contributed by atoms with Gasteiger partial charge in [0.1, 0.15) is 0 Å². The third kappa shape index (κ3) is 3.65. The minimum Gasteiger partial charge on any atom is -0.394 e. The summed E-state index contributed by atoms with van der Waals surface area (Å²) in [5.74, 6) is -0.0336. The summed E-state index contributed by atoms with van der Waals surface area (Å²) in [6.07, 6.45) is -0.0886. The first-order valence-electron chi connectivity index (χ1n) is 4.77. The number of aliphatic hydroxyl groups excluding tert-OH is 2. The van der Waals surface area contributed by atoms with E-state index in [2.05, 4.69) is 0 Å². The standard InChI is InChI=1S/C11H14Cl2O2/c1-7(11(15)6-14)4-8-2-3-9(12)5-10(8)13/h2-3,5,7,11,14-15H,4,6H2,1H3. The monoisotopic (exact) mass is 248 g/mol. The average Bonchev–Trinajstić information content (AvgIpc) is 2.20. The summed E-state index contributed by atoms with van der Waals surface area (Å²) in [6.45, 7) is 1.64. The summed E-state index contributed by atoms with van der Waals surface area (Å²) in [7, 11) is 0. The van der Waals surface area contributed by atoms with E-state index >= 15 is 0 Å².